The van der Waals surface area contributed by atoms with Gasteiger partial charge in [-0.05, 0) is 24.3 Å². The minimum Gasteiger partial charge on any atom is -0.503 e. The Kier molecular flexibility index (Phi) is 3.51. The number of para-hydroxylation sites is 1. The van der Waals surface area contributed by atoms with Crippen LogP contribution in [0.4, 0.5) is 4.39 Å². The van der Waals surface area contributed by atoms with Crippen molar-refractivity contribution in [3.05, 3.63) is 54.3 Å². The second-order valence-corrected chi connectivity index (χ2v) is 6.55. The minimum atomic E-state index is -0.496. The van der Waals surface area contributed by atoms with E-state index in [1.165, 1.54) is 12.1 Å². The maximum absolute atomic E-state index is 13.1. The molecule has 2 aromatic carbocycles. The monoisotopic (exact) mass is 299 g/mol. The van der Waals surface area contributed by atoms with Gasteiger partial charge in [0.2, 0.25) is 19.7 Å². The van der Waals surface area contributed by atoms with Crippen LogP contribution in [0, 0.1) is 5.82 Å². The molecule has 0 saturated carbocycles. The third-order valence-electron chi connectivity index (χ3n) is 2.06. The van der Waals surface area contributed by atoms with Crippen molar-refractivity contribution in [3.63, 3.8) is 0 Å². The predicted octanol–water partition coefficient (Wildman–Crippen LogP) is 3.88. The van der Waals surface area contributed by atoms with Crippen molar-refractivity contribution in [2.75, 3.05) is 0 Å². The molecule has 0 bridgehead atoms. The van der Waals surface area contributed by atoms with Crippen molar-refractivity contribution in [1.29, 1.82) is 0 Å². The van der Waals surface area contributed by atoms with Gasteiger partial charge in [-0.1, -0.05) is 18.2 Å². The van der Waals surface area contributed by atoms with Gasteiger partial charge in [0, 0.05) is 6.07 Å². The number of aromatic hydroxyl groups is 1. The molecule has 1 N–H and O–H groups in total. The Morgan fingerprint density at radius 2 is 1.81 bits per heavy atom. The van der Waals surface area contributed by atoms with Gasteiger partial charge in [0.15, 0.2) is 10.6 Å². The fraction of sp³-hybridized carbons (Fsp3) is 0. The van der Waals surface area contributed by atoms with Crippen LogP contribution < -0.4 is 0 Å². The maximum Gasteiger partial charge on any atom is 0.246 e. The molecule has 0 aliphatic carbocycles. The van der Waals surface area contributed by atoms with Crippen LogP contribution in [0.3, 0.4) is 0 Å². The average Bonchev–Trinajstić information content (AvgIpc) is 2.29. The van der Waals surface area contributed by atoms with E-state index >= 15 is 0 Å². The predicted molar refractivity (Wildman–Crippen MR) is 67.3 cm³/mol. The number of benzene rings is 2. The molecule has 0 amide bonds. The number of rotatable bonds is 2. The highest BCUT2D eigenvalue weighted by atomic mass is 79.9. The zero-order chi connectivity index (χ0) is 11.5. The number of phenolic OH excluding ortho intramolecular Hbond substituents is 1. The first-order chi connectivity index (χ1) is 7.68. The SMILES string of the molecule is Oc1ccccc1[S+](Br)c1cccc(F)c1. The number of phenols is 1. The standard InChI is InChI=1S/C12H8BrFOS/c13-16(10-5-3-4-9(14)8-10)12-7-2-1-6-11(12)15/h1-8H/p+1. The Hall–Kier alpha value is -1.00. The van der Waals surface area contributed by atoms with Crippen LogP contribution in [0.5, 0.6) is 5.75 Å². The van der Waals surface area contributed by atoms with Crippen molar-refractivity contribution in [3.8, 4) is 5.75 Å². The van der Waals surface area contributed by atoms with Gasteiger partial charge in [-0.3, -0.25) is 0 Å². The highest BCUT2D eigenvalue weighted by Gasteiger charge is 2.26. The molecule has 82 valence electrons. The minimum absolute atomic E-state index is 0.215. The van der Waals surface area contributed by atoms with Crippen LogP contribution in [0.2, 0.25) is 0 Å². The van der Waals surface area contributed by atoms with Gasteiger partial charge in [-0.15, -0.1) is 0 Å². The Bertz CT molecular complexity index is 504. The van der Waals surface area contributed by atoms with Crippen LogP contribution >= 0.6 is 14.8 Å². The molecule has 0 spiro atoms. The third-order valence-corrected chi connectivity index (χ3v) is 5.63. The second-order valence-electron chi connectivity index (χ2n) is 3.18. The van der Waals surface area contributed by atoms with Gasteiger partial charge in [-0.2, -0.15) is 0 Å². The first kappa shape index (κ1) is 11.5. The fourth-order valence-electron chi connectivity index (χ4n) is 1.31. The van der Waals surface area contributed by atoms with E-state index in [1.807, 2.05) is 18.2 Å². The summed E-state index contributed by atoms with van der Waals surface area (Å²) in [5, 5.41) is 9.69. The molecule has 1 atom stereocenters. The Balaban J connectivity index is 2.39. The zero-order valence-electron chi connectivity index (χ0n) is 8.23. The molecule has 1 nitrogen and oxygen atoms in total. The molecular formula is C12H9BrFOS+. The average molecular weight is 300 g/mol. The van der Waals surface area contributed by atoms with Gasteiger partial charge < -0.3 is 5.11 Å². The van der Waals surface area contributed by atoms with Gasteiger partial charge in [0.25, 0.3) is 0 Å². The lowest BCUT2D eigenvalue weighted by molar-refractivity contribution is 0.462. The molecule has 0 radical (unpaired) electrons. The molecule has 4 heteroatoms. The molecule has 1 unspecified atom stereocenters. The number of hydrogen-bond donors (Lipinski definition) is 1. The van der Waals surface area contributed by atoms with E-state index in [-0.39, 0.29) is 11.6 Å². The summed E-state index contributed by atoms with van der Waals surface area (Å²) in [6.45, 7) is 0. The number of hydrogen-bond acceptors (Lipinski definition) is 1. The summed E-state index contributed by atoms with van der Waals surface area (Å²) in [6.07, 6.45) is 0. The Labute approximate surface area is 103 Å². The lowest BCUT2D eigenvalue weighted by Crippen LogP contribution is -1.95. The molecule has 2 rings (SSSR count). The molecule has 0 heterocycles. The summed E-state index contributed by atoms with van der Waals surface area (Å²) < 4.78 is 13.1. The molecule has 0 aliphatic rings. The van der Waals surface area contributed by atoms with E-state index in [4.69, 9.17) is 0 Å². The van der Waals surface area contributed by atoms with E-state index in [2.05, 4.69) is 14.8 Å². The van der Waals surface area contributed by atoms with E-state index in [0.29, 0.717) is 0 Å². The van der Waals surface area contributed by atoms with Gasteiger partial charge in [-0.25, -0.2) is 4.39 Å². The van der Waals surface area contributed by atoms with Crippen LogP contribution in [0.15, 0.2) is 58.3 Å². The lowest BCUT2D eigenvalue weighted by atomic mass is 10.3. The maximum atomic E-state index is 13.1. The van der Waals surface area contributed by atoms with E-state index in [1.54, 1.807) is 18.2 Å². The van der Waals surface area contributed by atoms with Crippen molar-refractivity contribution >= 4 is 24.1 Å². The third kappa shape index (κ3) is 2.39. The smallest absolute Gasteiger partial charge is 0.246 e. The summed E-state index contributed by atoms with van der Waals surface area (Å²) in [6, 6.07) is 13.4. The normalized spacial score (nSPS) is 12.4. The van der Waals surface area contributed by atoms with E-state index in [0.717, 1.165) is 9.79 Å². The first-order valence-electron chi connectivity index (χ1n) is 4.62. The Morgan fingerprint density at radius 1 is 1.06 bits per heavy atom. The summed E-state index contributed by atoms with van der Waals surface area (Å²) in [5.74, 6) is -0.0585. The molecule has 0 fully saturated rings. The fourth-order valence-corrected chi connectivity index (χ4v) is 3.86. The van der Waals surface area contributed by atoms with Crippen molar-refractivity contribution < 1.29 is 9.50 Å². The summed E-state index contributed by atoms with van der Waals surface area (Å²) in [7, 11) is -0.496. The van der Waals surface area contributed by atoms with Crippen molar-refractivity contribution in [1.82, 2.24) is 0 Å². The first-order valence-corrected chi connectivity index (χ1v) is 7.69. The lowest BCUT2D eigenvalue weighted by Gasteiger charge is -2.01. The van der Waals surface area contributed by atoms with Crippen LogP contribution in [0.25, 0.3) is 0 Å². The highest BCUT2D eigenvalue weighted by molar-refractivity contribution is 9.48. The van der Waals surface area contributed by atoms with Gasteiger partial charge in [0.05, 0.1) is 0 Å². The van der Waals surface area contributed by atoms with Crippen LogP contribution in [-0.2, 0) is 9.33 Å². The molecule has 16 heavy (non-hydrogen) atoms. The van der Waals surface area contributed by atoms with E-state index < -0.39 is 9.33 Å². The highest BCUT2D eigenvalue weighted by Crippen LogP contribution is 2.34. The summed E-state index contributed by atoms with van der Waals surface area (Å²) in [4.78, 5) is 1.56. The second kappa shape index (κ2) is 4.89. The molecule has 0 aromatic heterocycles. The topological polar surface area (TPSA) is 20.2 Å². The van der Waals surface area contributed by atoms with Crippen molar-refractivity contribution in [2.24, 2.45) is 0 Å². The van der Waals surface area contributed by atoms with Gasteiger partial charge in [0.1, 0.15) is 15.1 Å². The van der Waals surface area contributed by atoms with Crippen LogP contribution in [0.1, 0.15) is 0 Å². The summed E-state index contributed by atoms with van der Waals surface area (Å²) >= 11 is 3.48. The largest absolute Gasteiger partial charge is 0.503 e. The Morgan fingerprint density at radius 3 is 2.50 bits per heavy atom. The molecule has 0 saturated heterocycles. The van der Waals surface area contributed by atoms with Crippen LogP contribution in [-0.4, -0.2) is 5.11 Å². The molecular weight excluding hydrogens is 291 g/mol. The summed E-state index contributed by atoms with van der Waals surface area (Å²) in [5.41, 5.74) is 0. The van der Waals surface area contributed by atoms with Crippen molar-refractivity contribution in [2.45, 2.75) is 9.79 Å². The number of halogens is 2. The quantitative estimate of drug-likeness (QED) is 0.835. The molecule has 2 aromatic rings. The zero-order valence-corrected chi connectivity index (χ0v) is 10.6. The van der Waals surface area contributed by atoms with E-state index in [9.17, 15) is 9.50 Å². The molecule has 0 aliphatic heterocycles. The van der Waals surface area contributed by atoms with Gasteiger partial charge >= 0.3 is 0 Å².